The van der Waals surface area contributed by atoms with Crippen LogP contribution in [0.1, 0.15) is 34.0 Å². The minimum atomic E-state index is -2.80. The third-order valence-electron chi connectivity index (χ3n) is 5.18. The topological polar surface area (TPSA) is 147 Å². The fourth-order valence-corrected chi connectivity index (χ4v) is 3.39. The molecule has 0 saturated carbocycles. The molecule has 4 N–H and O–H groups in total. The molecule has 0 saturated heterocycles. The summed E-state index contributed by atoms with van der Waals surface area (Å²) in [6.45, 7) is 0.451. The van der Waals surface area contributed by atoms with Crippen molar-refractivity contribution in [2.75, 3.05) is 24.7 Å². The molecule has 4 aromatic rings. The average molecular weight is 508 g/mol. The van der Waals surface area contributed by atoms with Gasteiger partial charge < -0.3 is 25.8 Å². The molecule has 0 bridgehead atoms. The van der Waals surface area contributed by atoms with E-state index in [-0.39, 0.29) is 40.0 Å². The Kier molecular flexibility index (Phi) is 6.12. The van der Waals surface area contributed by atoms with Crippen molar-refractivity contribution in [2.24, 2.45) is 0 Å². The predicted molar refractivity (Wildman–Crippen MR) is 135 cm³/mol. The lowest BCUT2D eigenvalue weighted by Crippen LogP contribution is -2.21. The number of hydrogen-bond donors (Lipinski definition) is 4. The predicted octanol–water partition coefficient (Wildman–Crippen LogP) is 3.55. The lowest BCUT2D eigenvalue weighted by molar-refractivity contribution is 0.0782. The molecule has 0 aliphatic carbocycles. The van der Waals surface area contributed by atoms with Crippen LogP contribution < -0.4 is 20.7 Å². The summed E-state index contributed by atoms with van der Waals surface area (Å²) < 4.78 is 42.4. The Morgan fingerprint density at radius 2 is 1.84 bits per heavy atom. The molecule has 37 heavy (non-hydrogen) atoms. The number of aliphatic hydroxyl groups is 1. The maximum Gasteiger partial charge on any atom is 0.273 e. The first-order chi connectivity index (χ1) is 18.8. The highest BCUT2D eigenvalue weighted by atomic mass is 19.1. The van der Waals surface area contributed by atoms with Gasteiger partial charge in [0.2, 0.25) is 0 Å². The van der Waals surface area contributed by atoms with Gasteiger partial charge in [0.25, 0.3) is 5.91 Å². The standard InChI is InChI=1S/C25H25FN8O3/c1-25(2,36)14-6-7-19(30-13-14)32-20-12-17(21(34-33-20)24(35)27-3)31-18-11-15(26)10-16(22(18)37-4)23-28-8-5-9-29-23/h5-13,36H,1-4H3,(H,27,35)(H2,30,31,32,33)/i3D3. The van der Waals surface area contributed by atoms with E-state index >= 15 is 0 Å². The number of nitrogens with one attached hydrogen (secondary N) is 3. The summed E-state index contributed by atoms with van der Waals surface area (Å²) in [5.41, 5.74) is -0.588. The molecule has 11 nitrogen and oxygen atoms in total. The van der Waals surface area contributed by atoms with Crippen molar-refractivity contribution in [1.82, 2.24) is 30.5 Å². The number of anilines is 4. The maximum atomic E-state index is 14.7. The fourth-order valence-electron chi connectivity index (χ4n) is 3.39. The zero-order valence-corrected chi connectivity index (χ0v) is 20.1. The van der Waals surface area contributed by atoms with Crippen molar-refractivity contribution < 1.29 is 23.1 Å². The van der Waals surface area contributed by atoms with Crippen molar-refractivity contribution in [2.45, 2.75) is 19.4 Å². The second kappa shape index (κ2) is 10.5. The molecular formula is C25H25FN8O3. The van der Waals surface area contributed by atoms with E-state index in [0.29, 0.717) is 11.4 Å². The van der Waals surface area contributed by atoms with E-state index in [1.165, 1.54) is 37.8 Å². The lowest BCUT2D eigenvalue weighted by atomic mass is 10.0. The summed E-state index contributed by atoms with van der Waals surface area (Å²) >= 11 is 0. The molecule has 4 rings (SSSR count). The van der Waals surface area contributed by atoms with Crippen molar-refractivity contribution in [3.63, 3.8) is 0 Å². The number of aromatic nitrogens is 5. The number of nitrogens with zero attached hydrogens (tertiary/aromatic N) is 5. The van der Waals surface area contributed by atoms with Crippen molar-refractivity contribution >= 4 is 28.9 Å². The number of hydrogen-bond acceptors (Lipinski definition) is 10. The Labute approximate surface area is 216 Å². The van der Waals surface area contributed by atoms with Crippen LogP contribution in [0.15, 0.2) is 55.0 Å². The molecule has 12 heteroatoms. The van der Waals surface area contributed by atoms with E-state index in [1.54, 1.807) is 32.0 Å². The Balaban J connectivity index is 1.76. The number of methoxy groups -OCH3 is 1. The van der Waals surface area contributed by atoms with Crippen LogP contribution in [0.25, 0.3) is 11.4 Å². The van der Waals surface area contributed by atoms with Crippen molar-refractivity contribution in [3.8, 4) is 17.1 Å². The molecule has 1 amide bonds. The first-order valence-corrected chi connectivity index (χ1v) is 10.9. The number of pyridine rings is 1. The number of ether oxygens (including phenoxy) is 1. The van der Waals surface area contributed by atoms with Gasteiger partial charge >= 0.3 is 0 Å². The van der Waals surface area contributed by atoms with Crippen molar-refractivity contribution in [3.05, 3.63) is 72.1 Å². The van der Waals surface area contributed by atoms with E-state index in [2.05, 4.69) is 35.8 Å². The number of carbonyl (C=O) groups is 1. The van der Waals surface area contributed by atoms with E-state index in [4.69, 9.17) is 8.85 Å². The van der Waals surface area contributed by atoms with Gasteiger partial charge in [0.1, 0.15) is 11.6 Å². The molecule has 0 atom stereocenters. The molecule has 3 aromatic heterocycles. The zero-order chi connectivity index (χ0) is 29.1. The normalized spacial score (nSPS) is 12.6. The largest absolute Gasteiger partial charge is 0.494 e. The van der Waals surface area contributed by atoms with Crippen LogP contribution in [0.4, 0.5) is 27.4 Å². The van der Waals surface area contributed by atoms with E-state index in [1.807, 2.05) is 5.32 Å². The maximum absolute atomic E-state index is 14.7. The smallest absolute Gasteiger partial charge is 0.273 e. The minimum Gasteiger partial charge on any atom is -0.494 e. The first-order valence-electron chi connectivity index (χ1n) is 12.4. The molecule has 0 radical (unpaired) electrons. The van der Waals surface area contributed by atoms with Crippen LogP contribution in [0.3, 0.4) is 0 Å². The van der Waals surface area contributed by atoms with Crippen LogP contribution in [-0.4, -0.2) is 50.2 Å². The molecule has 3 heterocycles. The van der Waals surface area contributed by atoms with E-state index < -0.39 is 24.3 Å². The van der Waals surface area contributed by atoms with Crippen molar-refractivity contribution in [1.29, 1.82) is 0 Å². The Morgan fingerprint density at radius 1 is 1.05 bits per heavy atom. The highest BCUT2D eigenvalue weighted by Gasteiger charge is 2.20. The quantitative estimate of drug-likeness (QED) is 0.279. The number of carbonyl (C=O) groups excluding carboxylic acids is 1. The summed E-state index contributed by atoms with van der Waals surface area (Å²) in [6.07, 6.45) is 4.46. The van der Waals surface area contributed by atoms with Gasteiger partial charge in [0.15, 0.2) is 23.1 Å². The van der Waals surface area contributed by atoms with Gasteiger partial charge in [-0.25, -0.2) is 19.3 Å². The number of rotatable bonds is 8. The third kappa shape index (κ3) is 5.76. The summed E-state index contributed by atoms with van der Waals surface area (Å²) in [5, 5.41) is 25.7. The van der Waals surface area contributed by atoms with Gasteiger partial charge in [-0.1, -0.05) is 6.07 Å². The van der Waals surface area contributed by atoms with Gasteiger partial charge in [-0.15, -0.1) is 10.2 Å². The summed E-state index contributed by atoms with van der Waals surface area (Å²) in [6, 6.07) is 8.58. The second-order valence-electron chi connectivity index (χ2n) is 8.29. The van der Waals surface area contributed by atoms with Gasteiger partial charge in [-0.05, 0) is 32.0 Å². The van der Waals surface area contributed by atoms with Gasteiger partial charge in [-0.2, -0.15) is 0 Å². The van der Waals surface area contributed by atoms with Gasteiger partial charge in [0.05, 0.1) is 29.6 Å². The highest BCUT2D eigenvalue weighted by molar-refractivity contribution is 5.99. The summed E-state index contributed by atoms with van der Waals surface area (Å²) in [7, 11) is 1.37. The average Bonchev–Trinajstić information content (AvgIpc) is 2.88. The third-order valence-corrected chi connectivity index (χ3v) is 5.18. The monoisotopic (exact) mass is 507 g/mol. The van der Waals surface area contributed by atoms with Crippen LogP contribution >= 0.6 is 0 Å². The lowest BCUT2D eigenvalue weighted by Gasteiger charge is -2.18. The van der Waals surface area contributed by atoms with Crippen LogP contribution in [0.2, 0.25) is 0 Å². The summed E-state index contributed by atoms with van der Waals surface area (Å²) in [4.78, 5) is 25.3. The number of amides is 1. The van der Waals surface area contributed by atoms with Gasteiger partial charge in [-0.3, -0.25) is 4.79 Å². The molecule has 0 aliphatic rings. The van der Waals surface area contributed by atoms with E-state index in [0.717, 1.165) is 6.07 Å². The van der Waals surface area contributed by atoms with Crippen LogP contribution in [0, 0.1) is 5.82 Å². The molecule has 0 fully saturated rings. The molecule has 190 valence electrons. The Bertz CT molecular complexity index is 1520. The molecular weight excluding hydrogens is 479 g/mol. The van der Waals surface area contributed by atoms with Crippen LogP contribution in [-0.2, 0) is 5.60 Å². The minimum absolute atomic E-state index is 0.0174. The van der Waals surface area contributed by atoms with Crippen LogP contribution in [0.5, 0.6) is 5.75 Å². The fraction of sp³-hybridized carbons (Fsp3) is 0.200. The SMILES string of the molecule is [2H]C([2H])([2H])NC(=O)c1nnc(Nc2ccc(C(C)(C)O)cn2)cc1Nc1cc(F)cc(-c2ncccn2)c1OC. The molecule has 0 spiro atoms. The summed E-state index contributed by atoms with van der Waals surface area (Å²) in [5.74, 6) is -0.881. The Morgan fingerprint density at radius 3 is 2.49 bits per heavy atom. The molecule has 0 unspecified atom stereocenters. The number of halogens is 1. The van der Waals surface area contributed by atoms with Gasteiger partial charge in [0, 0.05) is 47.4 Å². The highest BCUT2D eigenvalue weighted by Crippen LogP contribution is 2.38. The molecule has 0 aliphatic heterocycles. The molecule has 1 aromatic carbocycles. The zero-order valence-electron chi connectivity index (χ0n) is 23.1. The number of benzene rings is 1. The second-order valence-corrected chi connectivity index (χ2v) is 8.29. The Hall–Kier alpha value is -4.71. The van der Waals surface area contributed by atoms with E-state index in [9.17, 15) is 14.3 Å². The first kappa shape index (κ1) is 21.6.